The number of furan rings is 1. The van der Waals surface area contributed by atoms with Crippen LogP contribution in [0.3, 0.4) is 0 Å². The smallest absolute Gasteiger partial charge is 0.202 e. The minimum absolute atomic E-state index is 0.135. The van der Waals surface area contributed by atoms with E-state index >= 15 is 0 Å². The lowest BCUT2D eigenvalue weighted by molar-refractivity contribution is 0.407. The first kappa shape index (κ1) is 11.7. The van der Waals surface area contributed by atoms with E-state index in [-0.39, 0.29) is 6.04 Å². The lowest BCUT2D eigenvalue weighted by Gasteiger charge is -1.96. The minimum atomic E-state index is -0.135. The molecule has 0 fully saturated rings. The molecule has 0 saturated heterocycles. The molecule has 19 heavy (non-hydrogen) atoms. The second kappa shape index (κ2) is 4.69. The van der Waals surface area contributed by atoms with E-state index in [1.165, 1.54) is 0 Å². The lowest BCUT2D eigenvalue weighted by Crippen LogP contribution is -2.05. The summed E-state index contributed by atoms with van der Waals surface area (Å²) in [6.07, 6.45) is 3.38. The van der Waals surface area contributed by atoms with Crippen molar-refractivity contribution in [2.75, 3.05) is 0 Å². The highest BCUT2D eigenvalue weighted by Gasteiger charge is 2.11. The zero-order chi connectivity index (χ0) is 13.2. The molecule has 98 valence electrons. The van der Waals surface area contributed by atoms with Gasteiger partial charge in [-0.05, 0) is 19.1 Å². The van der Waals surface area contributed by atoms with Crippen molar-refractivity contribution in [2.24, 2.45) is 5.73 Å². The van der Waals surface area contributed by atoms with E-state index in [0.717, 1.165) is 11.4 Å². The van der Waals surface area contributed by atoms with Crippen LogP contribution in [0.15, 0.2) is 39.6 Å². The van der Waals surface area contributed by atoms with Crippen molar-refractivity contribution in [3.8, 4) is 11.5 Å². The normalized spacial score (nSPS) is 12.7. The highest BCUT2D eigenvalue weighted by molar-refractivity contribution is 5.49. The molecular weight excluding hydrogens is 246 g/mol. The second-order valence-corrected chi connectivity index (χ2v) is 4.29. The van der Waals surface area contributed by atoms with E-state index in [9.17, 15) is 0 Å². The molecule has 0 aliphatic rings. The van der Waals surface area contributed by atoms with Crippen molar-refractivity contribution >= 4 is 0 Å². The summed E-state index contributed by atoms with van der Waals surface area (Å²) in [4.78, 5) is 0. The Balaban J connectivity index is 1.76. The van der Waals surface area contributed by atoms with Gasteiger partial charge in [0.2, 0.25) is 5.76 Å². The molecule has 3 aromatic heterocycles. The second-order valence-electron chi connectivity index (χ2n) is 4.29. The van der Waals surface area contributed by atoms with Crippen LogP contribution in [0.1, 0.15) is 24.4 Å². The molecule has 3 rings (SSSR count). The largest absolute Gasteiger partial charge is 0.461 e. The first-order valence-electron chi connectivity index (χ1n) is 5.87. The van der Waals surface area contributed by atoms with Gasteiger partial charge in [-0.2, -0.15) is 0 Å². The standard InChI is InChI=1S/C12H13N5O2/c1-8(13)10-7-17(16-14-10)6-9-5-12(19-15-9)11-3-2-4-18-11/h2-5,7-8H,6,13H2,1H3. The minimum Gasteiger partial charge on any atom is -0.461 e. The zero-order valence-electron chi connectivity index (χ0n) is 10.4. The summed E-state index contributed by atoms with van der Waals surface area (Å²) in [6, 6.07) is 5.29. The van der Waals surface area contributed by atoms with Crippen LogP contribution in [0.4, 0.5) is 0 Å². The van der Waals surface area contributed by atoms with Crippen molar-refractivity contribution < 1.29 is 8.94 Å². The van der Waals surface area contributed by atoms with E-state index in [0.29, 0.717) is 18.1 Å². The molecule has 3 aromatic rings. The molecule has 0 amide bonds. The number of hydrogen-bond acceptors (Lipinski definition) is 6. The maximum atomic E-state index is 5.73. The van der Waals surface area contributed by atoms with Gasteiger partial charge >= 0.3 is 0 Å². The SMILES string of the molecule is CC(N)c1cn(Cc2cc(-c3ccco3)on2)nn1. The molecule has 7 nitrogen and oxygen atoms in total. The Bertz CT molecular complexity index is 653. The number of aromatic nitrogens is 4. The molecule has 0 bridgehead atoms. The Hall–Kier alpha value is -2.41. The van der Waals surface area contributed by atoms with Crippen LogP contribution in [0.5, 0.6) is 0 Å². The first-order chi connectivity index (χ1) is 9.22. The number of nitrogens with zero attached hydrogens (tertiary/aromatic N) is 4. The van der Waals surface area contributed by atoms with Gasteiger partial charge in [0, 0.05) is 12.1 Å². The summed E-state index contributed by atoms with van der Waals surface area (Å²) in [5.74, 6) is 1.24. The van der Waals surface area contributed by atoms with Gasteiger partial charge in [0.25, 0.3) is 0 Å². The van der Waals surface area contributed by atoms with E-state index in [1.807, 2.05) is 19.1 Å². The molecule has 0 aliphatic heterocycles. The Kier molecular flexibility index (Phi) is 2.88. The van der Waals surface area contributed by atoms with E-state index in [2.05, 4.69) is 15.5 Å². The Labute approximate surface area is 109 Å². The van der Waals surface area contributed by atoms with Crippen LogP contribution in [0.2, 0.25) is 0 Å². The molecule has 2 N–H and O–H groups in total. The van der Waals surface area contributed by atoms with Crippen LogP contribution in [0, 0.1) is 0 Å². The van der Waals surface area contributed by atoms with Gasteiger partial charge < -0.3 is 14.7 Å². The molecule has 3 heterocycles. The zero-order valence-corrected chi connectivity index (χ0v) is 10.4. The van der Waals surface area contributed by atoms with Gasteiger partial charge in [-0.1, -0.05) is 10.4 Å². The number of nitrogens with two attached hydrogens (primary N) is 1. The fraction of sp³-hybridized carbons (Fsp3) is 0.250. The Morgan fingerprint density at radius 3 is 3.00 bits per heavy atom. The van der Waals surface area contributed by atoms with Crippen molar-refractivity contribution in [1.29, 1.82) is 0 Å². The van der Waals surface area contributed by atoms with Crippen molar-refractivity contribution in [1.82, 2.24) is 20.2 Å². The van der Waals surface area contributed by atoms with Gasteiger partial charge in [0.1, 0.15) is 5.69 Å². The van der Waals surface area contributed by atoms with Crippen molar-refractivity contribution in [3.63, 3.8) is 0 Å². The summed E-state index contributed by atoms with van der Waals surface area (Å²) in [7, 11) is 0. The van der Waals surface area contributed by atoms with Crippen LogP contribution >= 0.6 is 0 Å². The van der Waals surface area contributed by atoms with Crippen LogP contribution in [-0.4, -0.2) is 20.2 Å². The lowest BCUT2D eigenvalue weighted by atomic mass is 10.3. The molecule has 0 aromatic carbocycles. The Morgan fingerprint density at radius 1 is 1.42 bits per heavy atom. The van der Waals surface area contributed by atoms with Crippen molar-refractivity contribution in [2.45, 2.75) is 19.5 Å². The molecular formula is C12H13N5O2. The summed E-state index contributed by atoms with van der Waals surface area (Å²) < 4.78 is 12.1. The highest BCUT2D eigenvalue weighted by atomic mass is 16.5. The maximum Gasteiger partial charge on any atom is 0.202 e. The average molecular weight is 259 g/mol. The van der Waals surface area contributed by atoms with Crippen LogP contribution in [-0.2, 0) is 6.54 Å². The highest BCUT2D eigenvalue weighted by Crippen LogP contribution is 2.20. The molecule has 0 spiro atoms. The molecule has 0 radical (unpaired) electrons. The molecule has 0 saturated carbocycles. The Morgan fingerprint density at radius 2 is 2.32 bits per heavy atom. The fourth-order valence-electron chi connectivity index (χ4n) is 1.69. The van der Waals surface area contributed by atoms with Gasteiger partial charge in [-0.3, -0.25) is 0 Å². The molecule has 1 unspecified atom stereocenters. The predicted octanol–water partition coefficient (Wildman–Crippen LogP) is 1.59. The van der Waals surface area contributed by atoms with E-state index in [4.69, 9.17) is 14.7 Å². The first-order valence-corrected chi connectivity index (χ1v) is 5.87. The topological polar surface area (TPSA) is 95.9 Å². The third-order valence-electron chi connectivity index (χ3n) is 2.67. The number of hydrogen-bond donors (Lipinski definition) is 1. The third-order valence-corrected chi connectivity index (χ3v) is 2.67. The average Bonchev–Trinajstić information content (AvgIpc) is 3.09. The summed E-state index contributed by atoms with van der Waals surface area (Å²) >= 11 is 0. The van der Waals surface area contributed by atoms with Crippen LogP contribution < -0.4 is 5.73 Å². The van der Waals surface area contributed by atoms with Gasteiger partial charge in [-0.15, -0.1) is 5.10 Å². The molecule has 7 heteroatoms. The summed E-state index contributed by atoms with van der Waals surface area (Å²) in [5.41, 5.74) is 7.21. The maximum absolute atomic E-state index is 5.73. The summed E-state index contributed by atoms with van der Waals surface area (Å²) in [6.45, 7) is 2.34. The number of rotatable bonds is 4. The summed E-state index contributed by atoms with van der Waals surface area (Å²) in [5, 5.41) is 11.9. The monoisotopic (exact) mass is 259 g/mol. The van der Waals surface area contributed by atoms with Gasteiger partial charge in [0.05, 0.1) is 24.7 Å². The van der Waals surface area contributed by atoms with Crippen molar-refractivity contribution in [3.05, 3.63) is 42.0 Å². The molecule has 0 aliphatic carbocycles. The van der Waals surface area contributed by atoms with Crippen LogP contribution in [0.25, 0.3) is 11.5 Å². The van der Waals surface area contributed by atoms with E-state index < -0.39 is 0 Å². The van der Waals surface area contributed by atoms with E-state index in [1.54, 1.807) is 23.2 Å². The predicted molar refractivity (Wildman–Crippen MR) is 65.9 cm³/mol. The van der Waals surface area contributed by atoms with Gasteiger partial charge in [-0.25, -0.2) is 4.68 Å². The fourth-order valence-corrected chi connectivity index (χ4v) is 1.69. The molecule has 1 atom stereocenters. The quantitative estimate of drug-likeness (QED) is 0.764. The van der Waals surface area contributed by atoms with Gasteiger partial charge in [0.15, 0.2) is 5.76 Å². The third kappa shape index (κ3) is 2.41.